The highest BCUT2D eigenvalue weighted by Crippen LogP contribution is 2.48. The van der Waals surface area contributed by atoms with Crippen LogP contribution in [-0.4, -0.2) is 36.7 Å². The number of allylic oxidation sites excluding steroid dienone is 2. The smallest absolute Gasteiger partial charge is 0.307 e. The van der Waals surface area contributed by atoms with E-state index < -0.39 is 17.8 Å². The van der Waals surface area contributed by atoms with Crippen molar-refractivity contribution in [1.29, 1.82) is 0 Å². The van der Waals surface area contributed by atoms with Crippen LogP contribution in [0.3, 0.4) is 0 Å². The number of rotatable bonds is 7. The summed E-state index contributed by atoms with van der Waals surface area (Å²) in [4.78, 5) is 23.4. The topological polar surface area (TPSA) is 75.6 Å². The molecule has 0 saturated heterocycles. The minimum atomic E-state index is -0.875. The van der Waals surface area contributed by atoms with Crippen LogP contribution in [0.2, 0.25) is 0 Å². The quantitative estimate of drug-likeness (QED) is 0.528. The Kier molecular flexibility index (Phi) is 4.37. The molecule has 1 saturated carbocycles. The summed E-state index contributed by atoms with van der Waals surface area (Å²) in [7, 11) is 0. The molecule has 104 valence electrons. The third-order valence-corrected chi connectivity index (χ3v) is 3.83. The Balaban J connectivity index is 1.86. The van der Waals surface area contributed by atoms with Crippen LogP contribution in [0.1, 0.15) is 6.42 Å². The van der Waals surface area contributed by atoms with Crippen LogP contribution in [0.15, 0.2) is 24.8 Å². The SMILES string of the molecule is C=CCOCCNC(=O)[C@H]1[C@H](C(=O)O)[C@@H]2C=C[C@H]1C2. The van der Waals surface area contributed by atoms with Crippen molar-refractivity contribution in [3.8, 4) is 0 Å². The second-order valence-corrected chi connectivity index (χ2v) is 4.99. The molecule has 0 aromatic rings. The fraction of sp³-hybridized carbons (Fsp3) is 0.571. The van der Waals surface area contributed by atoms with Gasteiger partial charge in [-0.25, -0.2) is 0 Å². The minimum absolute atomic E-state index is 0.00951. The first-order chi connectivity index (χ1) is 9.15. The lowest BCUT2D eigenvalue weighted by Crippen LogP contribution is -2.41. The molecule has 0 aromatic carbocycles. The number of carbonyl (C=O) groups is 2. The van der Waals surface area contributed by atoms with Crippen molar-refractivity contribution < 1.29 is 19.4 Å². The number of amides is 1. The normalized spacial score (nSPS) is 31.4. The van der Waals surface area contributed by atoms with E-state index in [9.17, 15) is 14.7 Å². The summed E-state index contributed by atoms with van der Waals surface area (Å²) >= 11 is 0. The van der Waals surface area contributed by atoms with Gasteiger partial charge in [0.25, 0.3) is 0 Å². The van der Waals surface area contributed by atoms with Crippen LogP contribution < -0.4 is 5.32 Å². The number of fused-ring (bicyclic) bond motifs is 2. The molecule has 4 atom stereocenters. The predicted molar refractivity (Wildman–Crippen MR) is 69.4 cm³/mol. The predicted octanol–water partition coefficient (Wildman–Crippen LogP) is 0.828. The molecule has 2 rings (SSSR count). The molecule has 0 spiro atoms. The lowest BCUT2D eigenvalue weighted by Gasteiger charge is -2.23. The maximum atomic E-state index is 12.1. The lowest BCUT2D eigenvalue weighted by atomic mass is 9.82. The Bertz CT molecular complexity index is 404. The second kappa shape index (κ2) is 6.02. The molecule has 1 amide bonds. The van der Waals surface area contributed by atoms with Crippen molar-refractivity contribution in [3.63, 3.8) is 0 Å². The van der Waals surface area contributed by atoms with Crippen molar-refractivity contribution in [2.45, 2.75) is 6.42 Å². The number of hydrogen-bond donors (Lipinski definition) is 2. The van der Waals surface area contributed by atoms with Gasteiger partial charge in [0.15, 0.2) is 0 Å². The standard InChI is InChI=1S/C14H19NO4/c1-2-6-19-7-5-15-13(16)11-9-3-4-10(8-9)12(11)14(17)18/h2-4,9-12H,1,5-8H2,(H,15,16)(H,17,18)/t9-,10+,11+,12+/m0/s1. The number of aliphatic carboxylic acids is 1. The Morgan fingerprint density at radius 2 is 2.05 bits per heavy atom. The molecule has 5 heteroatoms. The molecular weight excluding hydrogens is 246 g/mol. The van der Waals surface area contributed by atoms with E-state index in [-0.39, 0.29) is 17.7 Å². The number of carbonyl (C=O) groups excluding carboxylic acids is 1. The van der Waals surface area contributed by atoms with Gasteiger partial charge in [0, 0.05) is 6.54 Å². The highest BCUT2D eigenvalue weighted by Gasteiger charge is 2.51. The first-order valence-corrected chi connectivity index (χ1v) is 6.52. The summed E-state index contributed by atoms with van der Waals surface area (Å²) in [5, 5.41) is 12.0. The molecule has 1 fully saturated rings. The number of carboxylic acids is 1. The Labute approximate surface area is 112 Å². The highest BCUT2D eigenvalue weighted by atomic mass is 16.5. The van der Waals surface area contributed by atoms with Crippen molar-refractivity contribution in [1.82, 2.24) is 5.32 Å². The first kappa shape index (κ1) is 13.8. The molecule has 0 aliphatic heterocycles. The molecule has 5 nitrogen and oxygen atoms in total. The van der Waals surface area contributed by atoms with Gasteiger partial charge < -0.3 is 15.2 Å². The average Bonchev–Trinajstić information content (AvgIpc) is 2.98. The maximum absolute atomic E-state index is 12.1. The van der Waals surface area contributed by atoms with Crippen LogP contribution in [0.5, 0.6) is 0 Å². The van der Waals surface area contributed by atoms with Gasteiger partial charge in [0.05, 0.1) is 25.0 Å². The molecule has 0 unspecified atom stereocenters. The third kappa shape index (κ3) is 2.87. The number of nitrogens with one attached hydrogen (secondary N) is 1. The summed E-state index contributed by atoms with van der Waals surface area (Å²) in [5.74, 6) is -1.99. The van der Waals surface area contributed by atoms with Crippen molar-refractivity contribution >= 4 is 11.9 Å². The van der Waals surface area contributed by atoms with Crippen molar-refractivity contribution in [2.24, 2.45) is 23.7 Å². The van der Waals surface area contributed by atoms with Crippen molar-refractivity contribution in [2.75, 3.05) is 19.8 Å². The number of hydrogen-bond acceptors (Lipinski definition) is 3. The summed E-state index contributed by atoms with van der Waals surface area (Å²) in [5.41, 5.74) is 0. The van der Waals surface area contributed by atoms with Gasteiger partial charge in [-0.3, -0.25) is 9.59 Å². The van der Waals surface area contributed by atoms with Crippen LogP contribution in [0.25, 0.3) is 0 Å². The number of carboxylic acid groups (broad SMARTS) is 1. The zero-order valence-corrected chi connectivity index (χ0v) is 10.7. The van der Waals surface area contributed by atoms with Gasteiger partial charge in [0.2, 0.25) is 5.91 Å². The summed E-state index contributed by atoms with van der Waals surface area (Å²) in [6.45, 7) is 4.78. The highest BCUT2D eigenvalue weighted by molar-refractivity contribution is 5.86. The second-order valence-electron chi connectivity index (χ2n) is 4.99. The molecule has 19 heavy (non-hydrogen) atoms. The van der Waals surface area contributed by atoms with E-state index in [0.29, 0.717) is 19.8 Å². The van der Waals surface area contributed by atoms with E-state index in [0.717, 1.165) is 6.42 Å². The molecule has 2 bridgehead atoms. The maximum Gasteiger partial charge on any atom is 0.307 e. The zero-order valence-electron chi connectivity index (χ0n) is 10.7. The molecule has 0 radical (unpaired) electrons. The van der Waals surface area contributed by atoms with Gasteiger partial charge in [-0.05, 0) is 18.3 Å². The first-order valence-electron chi connectivity index (χ1n) is 6.52. The van der Waals surface area contributed by atoms with Crippen LogP contribution >= 0.6 is 0 Å². The number of ether oxygens (including phenoxy) is 1. The molecule has 2 aliphatic rings. The molecule has 2 aliphatic carbocycles. The lowest BCUT2D eigenvalue weighted by molar-refractivity contribution is -0.147. The van der Waals surface area contributed by atoms with E-state index in [1.807, 2.05) is 12.2 Å². The third-order valence-electron chi connectivity index (χ3n) is 3.83. The molecular formula is C14H19NO4. The van der Waals surface area contributed by atoms with Crippen LogP contribution in [0.4, 0.5) is 0 Å². The van der Waals surface area contributed by atoms with E-state index in [1.165, 1.54) is 0 Å². The molecule has 2 N–H and O–H groups in total. The van der Waals surface area contributed by atoms with E-state index in [4.69, 9.17) is 4.74 Å². The van der Waals surface area contributed by atoms with E-state index in [1.54, 1.807) is 6.08 Å². The van der Waals surface area contributed by atoms with Gasteiger partial charge in [0.1, 0.15) is 0 Å². The van der Waals surface area contributed by atoms with Gasteiger partial charge in [-0.2, -0.15) is 0 Å². The fourth-order valence-electron chi connectivity index (χ4n) is 3.05. The molecule has 0 aromatic heterocycles. The summed E-state index contributed by atoms with van der Waals surface area (Å²) < 4.78 is 5.17. The van der Waals surface area contributed by atoms with Crippen molar-refractivity contribution in [3.05, 3.63) is 24.8 Å². The van der Waals surface area contributed by atoms with E-state index in [2.05, 4.69) is 11.9 Å². The van der Waals surface area contributed by atoms with Crippen LogP contribution in [-0.2, 0) is 14.3 Å². The minimum Gasteiger partial charge on any atom is -0.481 e. The zero-order chi connectivity index (χ0) is 13.8. The monoisotopic (exact) mass is 265 g/mol. The average molecular weight is 265 g/mol. The van der Waals surface area contributed by atoms with Gasteiger partial charge >= 0.3 is 5.97 Å². The Morgan fingerprint density at radius 3 is 2.68 bits per heavy atom. The van der Waals surface area contributed by atoms with E-state index >= 15 is 0 Å². The summed E-state index contributed by atoms with van der Waals surface area (Å²) in [6.07, 6.45) is 6.33. The fourth-order valence-corrected chi connectivity index (χ4v) is 3.05. The van der Waals surface area contributed by atoms with Gasteiger partial charge in [-0.15, -0.1) is 6.58 Å². The Morgan fingerprint density at radius 1 is 1.37 bits per heavy atom. The Hall–Kier alpha value is -1.62. The van der Waals surface area contributed by atoms with Gasteiger partial charge in [-0.1, -0.05) is 18.2 Å². The molecule has 0 heterocycles. The largest absolute Gasteiger partial charge is 0.481 e. The van der Waals surface area contributed by atoms with Crippen LogP contribution in [0, 0.1) is 23.7 Å². The summed E-state index contributed by atoms with van der Waals surface area (Å²) in [6, 6.07) is 0.